The molecule has 0 saturated heterocycles. The van der Waals surface area contributed by atoms with E-state index in [1.54, 1.807) is 0 Å². The molecular weight excluding hydrogens is 241 g/mol. The zero-order chi connectivity index (χ0) is 13.1. The average Bonchev–Trinajstić information content (AvgIpc) is 2.14. The van der Waals surface area contributed by atoms with Gasteiger partial charge in [0.1, 0.15) is 5.75 Å². The van der Waals surface area contributed by atoms with Crippen LogP contribution in [0.15, 0.2) is 18.2 Å². The fourth-order valence-electron chi connectivity index (χ4n) is 1.17. The van der Waals surface area contributed by atoms with Crippen LogP contribution in [-0.4, -0.2) is 23.7 Å². The van der Waals surface area contributed by atoms with E-state index in [2.05, 4.69) is 4.74 Å². The molecule has 1 rings (SSSR count). The topological polar surface area (TPSA) is 63.6 Å². The molecule has 0 radical (unpaired) electrons. The Bertz CT molecular complexity index is 440. The average molecular weight is 248 g/mol. The predicted molar refractivity (Wildman–Crippen MR) is 49.9 cm³/mol. The Hall–Kier alpha value is -2.05. The molecular formula is C10H7F3O4. The van der Waals surface area contributed by atoms with Gasteiger partial charge in [-0.15, -0.1) is 13.2 Å². The van der Waals surface area contributed by atoms with Crippen LogP contribution < -0.4 is 4.74 Å². The molecule has 0 unspecified atom stereocenters. The summed E-state index contributed by atoms with van der Waals surface area (Å²) in [4.78, 5) is 20.9. The summed E-state index contributed by atoms with van der Waals surface area (Å²) in [5, 5.41) is 8.48. The molecule has 92 valence electrons. The molecule has 0 amide bonds. The molecule has 0 aliphatic heterocycles. The first kappa shape index (κ1) is 13.0. The molecule has 0 aromatic heterocycles. The first-order valence-corrected chi connectivity index (χ1v) is 4.37. The predicted octanol–water partition coefficient (Wildman–Crippen LogP) is 2.02. The Morgan fingerprint density at radius 2 is 2.06 bits per heavy atom. The van der Waals surface area contributed by atoms with Crippen LogP contribution in [0.1, 0.15) is 15.9 Å². The summed E-state index contributed by atoms with van der Waals surface area (Å²) < 4.78 is 39.6. The van der Waals surface area contributed by atoms with Crippen molar-refractivity contribution in [1.82, 2.24) is 0 Å². The lowest BCUT2D eigenvalue weighted by atomic mass is 10.1. The highest BCUT2D eigenvalue weighted by molar-refractivity contribution is 5.80. The van der Waals surface area contributed by atoms with E-state index < -0.39 is 24.5 Å². The summed E-state index contributed by atoms with van der Waals surface area (Å²) in [7, 11) is 0. The van der Waals surface area contributed by atoms with Gasteiger partial charge in [0.15, 0.2) is 6.29 Å². The number of benzene rings is 1. The molecule has 1 aromatic rings. The molecule has 0 spiro atoms. The first-order valence-electron chi connectivity index (χ1n) is 4.37. The van der Waals surface area contributed by atoms with Crippen LogP contribution in [0.2, 0.25) is 0 Å². The van der Waals surface area contributed by atoms with E-state index in [1.165, 1.54) is 6.07 Å². The highest BCUT2D eigenvalue weighted by atomic mass is 19.4. The Balaban J connectivity index is 3.06. The molecule has 7 heteroatoms. The van der Waals surface area contributed by atoms with Crippen molar-refractivity contribution in [3.05, 3.63) is 29.3 Å². The zero-order valence-corrected chi connectivity index (χ0v) is 8.32. The van der Waals surface area contributed by atoms with Crippen molar-refractivity contribution >= 4 is 12.3 Å². The standard InChI is InChI=1S/C10H7F3O4/c11-10(12,13)17-8-3-6(4-9(15)16)1-2-7(8)5-14/h1-3,5H,4H2,(H,15,16). The molecule has 0 atom stereocenters. The van der Waals surface area contributed by atoms with Crippen LogP contribution in [0.4, 0.5) is 13.2 Å². The number of halogens is 3. The van der Waals surface area contributed by atoms with Gasteiger partial charge >= 0.3 is 12.3 Å². The minimum absolute atomic E-state index is 0.113. The van der Waals surface area contributed by atoms with E-state index in [-0.39, 0.29) is 17.4 Å². The summed E-state index contributed by atoms with van der Waals surface area (Å²) in [6, 6.07) is 3.21. The third kappa shape index (κ3) is 4.13. The molecule has 17 heavy (non-hydrogen) atoms. The highest BCUT2D eigenvalue weighted by Crippen LogP contribution is 2.26. The maximum absolute atomic E-state index is 12.0. The van der Waals surface area contributed by atoms with Gasteiger partial charge in [-0.05, 0) is 17.7 Å². The van der Waals surface area contributed by atoms with Gasteiger partial charge in [-0.2, -0.15) is 0 Å². The van der Waals surface area contributed by atoms with Gasteiger partial charge in [0, 0.05) is 0 Å². The number of aliphatic carboxylic acids is 1. The number of hydrogen-bond acceptors (Lipinski definition) is 3. The quantitative estimate of drug-likeness (QED) is 0.828. The van der Waals surface area contributed by atoms with E-state index in [4.69, 9.17) is 5.11 Å². The number of carbonyl (C=O) groups excluding carboxylic acids is 1. The van der Waals surface area contributed by atoms with Crippen LogP contribution in [0.5, 0.6) is 5.75 Å². The number of rotatable bonds is 4. The zero-order valence-electron chi connectivity index (χ0n) is 8.32. The number of alkyl halides is 3. The molecule has 0 aliphatic rings. The SMILES string of the molecule is O=Cc1ccc(CC(=O)O)cc1OC(F)(F)F. The van der Waals surface area contributed by atoms with E-state index in [0.29, 0.717) is 0 Å². The van der Waals surface area contributed by atoms with Crippen molar-refractivity contribution in [1.29, 1.82) is 0 Å². The van der Waals surface area contributed by atoms with Crippen molar-refractivity contribution in [3.63, 3.8) is 0 Å². The highest BCUT2D eigenvalue weighted by Gasteiger charge is 2.32. The fourth-order valence-corrected chi connectivity index (χ4v) is 1.17. The minimum Gasteiger partial charge on any atom is -0.481 e. The molecule has 4 nitrogen and oxygen atoms in total. The molecule has 0 aliphatic carbocycles. The summed E-state index contributed by atoms with van der Waals surface area (Å²) in [5.74, 6) is -1.90. The summed E-state index contributed by atoms with van der Waals surface area (Å²) in [6.45, 7) is 0. The Kier molecular flexibility index (Phi) is 3.72. The van der Waals surface area contributed by atoms with Crippen LogP contribution in [0, 0.1) is 0 Å². The number of carbonyl (C=O) groups is 2. The largest absolute Gasteiger partial charge is 0.573 e. The molecule has 0 fully saturated rings. The van der Waals surface area contributed by atoms with Gasteiger partial charge < -0.3 is 9.84 Å². The molecule has 0 bridgehead atoms. The van der Waals surface area contributed by atoms with Gasteiger partial charge in [0.25, 0.3) is 0 Å². The maximum atomic E-state index is 12.0. The monoisotopic (exact) mass is 248 g/mol. The lowest BCUT2D eigenvalue weighted by Crippen LogP contribution is -2.18. The van der Waals surface area contributed by atoms with Gasteiger partial charge in [-0.3, -0.25) is 9.59 Å². The maximum Gasteiger partial charge on any atom is 0.573 e. The van der Waals surface area contributed by atoms with Crippen molar-refractivity contribution in [2.45, 2.75) is 12.8 Å². The normalized spacial score (nSPS) is 11.0. The van der Waals surface area contributed by atoms with Gasteiger partial charge in [0.05, 0.1) is 12.0 Å². The third-order valence-corrected chi connectivity index (χ3v) is 1.79. The summed E-state index contributed by atoms with van der Waals surface area (Å²) in [6.07, 6.45) is -5.18. The number of carboxylic acids is 1. The van der Waals surface area contributed by atoms with Crippen LogP contribution in [0.3, 0.4) is 0 Å². The summed E-state index contributed by atoms with van der Waals surface area (Å²) >= 11 is 0. The lowest BCUT2D eigenvalue weighted by Gasteiger charge is -2.11. The number of carboxylic acid groups (broad SMARTS) is 1. The fraction of sp³-hybridized carbons (Fsp3) is 0.200. The Labute approximate surface area is 93.6 Å². The van der Waals surface area contributed by atoms with Gasteiger partial charge in [-0.1, -0.05) is 6.07 Å². The molecule has 0 heterocycles. The third-order valence-electron chi connectivity index (χ3n) is 1.79. The van der Waals surface area contributed by atoms with E-state index >= 15 is 0 Å². The van der Waals surface area contributed by atoms with Crippen molar-refractivity contribution in [2.75, 3.05) is 0 Å². The van der Waals surface area contributed by atoms with Crippen LogP contribution >= 0.6 is 0 Å². The smallest absolute Gasteiger partial charge is 0.481 e. The number of aldehydes is 1. The van der Waals surface area contributed by atoms with Gasteiger partial charge in [0.2, 0.25) is 0 Å². The van der Waals surface area contributed by atoms with Crippen molar-refractivity contribution < 1.29 is 32.6 Å². The van der Waals surface area contributed by atoms with Crippen LogP contribution in [0.25, 0.3) is 0 Å². The Morgan fingerprint density at radius 3 is 2.53 bits per heavy atom. The number of ether oxygens (including phenoxy) is 1. The van der Waals surface area contributed by atoms with E-state index in [1.807, 2.05) is 0 Å². The van der Waals surface area contributed by atoms with E-state index in [0.717, 1.165) is 12.1 Å². The van der Waals surface area contributed by atoms with Crippen molar-refractivity contribution in [3.8, 4) is 5.75 Å². The van der Waals surface area contributed by atoms with Gasteiger partial charge in [-0.25, -0.2) is 0 Å². The second-order valence-electron chi connectivity index (χ2n) is 3.11. The molecule has 0 saturated carbocycles. The second-order valence-corrected chi connectivity index (χ2v) is 3.11. The van der Waals surface area contributed by atoms with E-state index in [9.17, 15) is 22.8 Å². The second kappa shape index (κ2) is 4.86. The molecule has 1 N–H and O–H groups in total. The lowest BCUT2D eigenvalue weighted by molar-refractivity contribution is -0.274. The Morgan fingerprint density at radius 1 is 1.41 bits per heavy atom. The van der Waals surface area contributed by atoms with Crippen LogP contribution in [-0.2, 0) is 11.2 Å². The first-order chi connectivity index (χ1) is 7.81. The molecule has 1 aromatic carbocycles. The van der Waals surface area contributed by atoms with Crippen molar-refractivity contribution in [2.24, 2.45) is 0 Å². The number of hydrogen-bond donors (Lipinski definition) is 1. The summed E-state index contributed by atoms with van der Waals surface area (Å²) in [5.41, 5.74) is -0.182. The minimum atomic E-state index is -4.93.